The third-order valence-corrected chi connectivity index (χ3v) is 5.00. The van der Waals surface area contributed by atoms with Crippen molar-refractivity contribution in [1.29, 1.82) is 0 Å². The summed E-state index contributed by atoms with van der Waals surface area (Å²) in [5.74, 6) is 5.14. The number of rotatable bonds is 4. The molecule has 4 rings (SSSR count). The SMILES string of the molecule is CC.CC.CCNC(=O)C#Cc1ccc2c(C(=Nc3ccc(C)cc3)c3ccccc3)c(O)[nH]c2c1. The quantitative estimate of drug-likeness (QED) is 0.219. The van der Waals surface area contributed by atoms with Gasteiger partial charge in [-0.3, -0.25) is 4.79 Å². The van der Waals surface area contributed by atoms with E-state index in [1.54, 1.807) is 0 Å². The molecule has 0 aliphatic carbocycles. The first-order chi connectivity index (χ1) is 17.5. The van der Waals surface area contributed by atoms with Crippen molar-refractivity contribution >= 4 is 28.2 Å². The second kappa shape index (κ2) is 14.2. The molecule has 3 aromatic carbocycles. The molecule has 3 N–H and O–H groups in total. The molecule has 0 aliphatic rings. The molecule has 1 heterocycles. The highest BCUT2D eigenvalue weighted by Crippen LogP contribution is 2.32. The standard InChI is InChI=1S/C27H23N3O2.2C2H6/c1-3-28-24(31)16-12-19-11-15-22-23(17-19)30-27(32)25(22)26(20-7-5-4-6-8-20)29-21-13-9-18(2)10-14-21;2*1-2/h4-11,13-15,17,30,32H,3H2,1-2H3,(H,28,31);2*1-2H3. The lowest BCUT2D eigenvalue weighted by molar-refractivity contribution is -0.115. The molecule has 0 atom stereocenters. The van der Waals surface area contributed by atoms with Gasteiger partial charge in [-0.2, -0.15) is 0 Å². The van der Waals surface area contributed by atoms with Crippen molar-refractivity contribution in [3.8, 4) is 17.7 Å². The highest BCUT2D eigenvalue weighted by Gasteiger charge is 2.18. The van der Waals surface area contributed by atoms with Gasteiger partial charge >= 0.3 is 0 Å². The van der Waals surface area contributed by atoms with E-state index in [9.17, 15) is 9.90 Å². The van der Waals surface area contributed by atoms with Crippen molar-refractivity contribution in [2.45, 2.75) is 41.5 Å². The van der Waals surface area contributed by atoms with Crippen molar-refractivity contribution in [3.05, 3.63) is 95.1 Å². The van der Waals surface area contributed by atoms with Crippen LogP contribution in [0.4, 0.5) is 5.69 Å². The maximum atomic E-state index is 11.6. The van der Waals surface area contributed by atoms with Crippen molar-refractivity contribution in [1.82, 2.24) is 10.3 Å². The topological polar surface area (TPSA) is 77.5 Å². The minimum atomic E-state index is -0.320. The van der Waals surface area contributed by atoms with E-state index < -0.39 is 0 Å². The lowest BCUT2D eigenvalue weighted by Gasteiger charge is -2.08. The number of nitrogens with one attached hydrogen (secondary N) is 2. The second-order valence-electron chi connectivity index (χ2n) is 7.38. The van der Waals surface area contributed by atoms with Gasteiger partial charge in [0.2, 0.25) is 0 Å². The normalized spacial score (nSPS) is 10.2. The number of aryl methyl sites for hydroxylation is 1. The monoisotopic (exact) mass is 481 g/mol. The Labute approximate surface area is 214 Å². The number of aromatic hydroxyl groups is 1. The number of hydrogen-bond donors (Lipinski definition) is 3. The van der Waals surface area contributed by atoms with E-state index in [0.717, 1.165) is 22.2 Å². The number of aromatic amines is 1. The van der Waals surface area contributed by atoms with Crippen LogP contribution in [-0.2, 0) is 4.79 Å². The fraction of sp³-hybridized carbons (Fsp3) is 0.226. The molecule has 0 fully saturated rings. The van der Waals surface area contributed by atoms with Crippen LogP contribution in [0.1, 0.15) is 56.9 Å². The highest BCUT2D eigenvalue weighted by molar-refractivity contribution is 6.22. The summed E-state index contributed by atoms with van der Waals surface area (Å²) in [4.78, 5) is 19.5. The first-order valence-corrected chi connectivity index (χ1v) is 12.4. The molecule has 0 saturated carbocycles. The Morgan fingerprint density at radius 1 is 0.972 bits per heavy atom. The van der Waals surface area contributed by atoms with Gasteiger partial charge in [0, 0.05) is 29.0 Å². The summed E-state index contributed by atoms with van der Waals surface area (Å²) in [6.07, 6.45) is 0. The summed E-state index contributed by atoms with van der Waals surface area (Å²) in [7, 11) is 0. The van der Waals surface area contributed by atoms with E-state index in [-0.39, 0.29) is 11.8 Å². The molecule has 5 nitrogen and oxygen atoms in total. The highest BCUT2D eigenvalue weighted by atomic mass is 16.3. The van der Waals surface area contributed by atoms with Crippen LogP contribution in [0.2, 0.25) is 0 Å². The lowest BCUT2D eigenvalue weighted by Crippen LogP contribution is -2.20. The summed E-state index contributed by atoms with van der Waals surface area (Å²) in [6, 6.07) is 23.2. The van der Waals surface area contributed by atoms with Crippen molar-refractivity contribution < 1.29 is 9.90 Å². The number of carbonyl (C=O) groups is 1. The Kier molecular flexibility index (Phi) is 11.0. The third kappa shape index (κ3) is 7.10. The molecule has 4 aromatic rings. The molecule has 1 aromatic heterocycles. The second-order valence-corrected chi connectivity index (χ2v) is 7.38. The smallest absolute Gasteiger partial charge is 0.296 e. The van der Waals surface area contributed by atoms with Crippen molar-refractivity contribution in [2.75, 3.05) is 6.54 Å². The third-order valence-electron chi connectivity index (χ3n) is 5.00. The number of aliphatic imine (C=N–C) groups is 1. The number of amides is 1. The molecule has 0 radical (unpaired) electrons. The Balaban J connectivity index is 0.00000109. The first kappa shape index (κ1) is 27.9. The molecular formula is C31H35N3O2. The number of fused-ring (bicyclic) bond motifs is 1. The number of nitrogens with zero attached hydrogens (tertiary/aromatic N) is 1. The summed E-state index contributed by atoms with van der Waals surface area (Å²) >= 11 is 0. The molecule has 0 saturated heterocycles. The zero-order valence-corrected chi connectivity index (χ0v) is 21.9. The fourth-order valence-corrected chi connectivity index (χ4v) is 3.44. The van der Waals surface area contributed by atoms with E-state index >= 15 is 0 Å². The molecule has 0 spiro atoms. The first-order valence-electron chi connectivity index (χ1n) is 12.4. The number of benzene rings is 3. The van der Waals surface area contributed by atoms with Gasteiger partial charge in [0.15, 0.2) is 5.88 Å². The predicted molar refractivity (Wildman–Crippen MR) is 151 cm³/mol. The average molecular weight is 482 g/mol. The van der Waals surface area contributed by atoms with Crippen molar-refractivity contribution in [2.24, 2.45) is 4.99 Å². The fourth-order valence-electron chi connectivity index (χ4n) is 3.44. The zero-order valence-electron chi connectivity index (χ0n) is 21.9. The summed E-state index contributed by atoms with van der Waals surface area (Å²) in [5.41, 5.74) is 5.52. The minimum absolute atomic E-state index is 0.0311. The number of carbonyl (C=O) groups excluding carboxylic acids is 1. The number of hydrogen-bond acceptors (Lipinski definition) is 3. The van der Waals surface area contributed by atoms with E-state index in [0.29, 0.717) is 28.9 Å². The number of H-pyrrole nitrogens is 1. The Hall–Kier alpha value is -4.30. The lowest BCUT2D eigenvalue weighted by atomic mass is 10.00. The Morgan fingerprint density at radius 3 is 2.28 bits per heavy atom. The van der Waals surface area contributed by atoms with Crippen LogP contribution in [0.25, 0.3) is 10.9 Å². The van der Waals surface area contributed by atoms with Crippen LogP contribution in [0.15, 0.2) is 77.8 Å². The van der Waals surface area contributed by atoms with Crippen LogP contribution < -0.4 is 5.32 Å². The van der Waals surface area contributed by atoms with E-state index in [2.05, 4.69) is 22.1 Å². The summed E-state index contributed by atoms with van der Waals surface area (Å²) < 4.78 is 0. The molecule has 5 heteroatoms. The van der Waals surface area contributed by atoms with Gasteiger partial charge in [-0.15, -0.1) is 0 Å². The molecule has 0 bridgehead atoms. The van der Waals surface area contributed by atoms with Crippen LogP contribution in [-0.4, -0.2) is 28.3 Å². The molecule has 36 heavy (non-hydrogen) atoms. The molecule has 0 unspecified atom stereocenters. The van der Waals surface area contributed by atoms with Crippen molar-refractivity contribution in [3.63, 3.8) is 0 Å². The van der Waals surface area contributed by atoms with E-state index in [1.165, 1.54) is 0 Å². The van der Waals surface area contributed by atoms with Crippen LogP contribution >= 0.6 is 0 Å². The van der Waals surface area contributed by atoms with E-state index in [4.69, 9.17) is 4.99 Å². The van der Waals surface area contributed by atoms with Gasteiger partial charge in [-0.05, 0) is 38.1 Å². The Bertz CT molecular complexity index is 1360. The van der Waals surface area contributed by atoms with Gasteiger partial charge in [0.05, 0.1) is 22.5 Å². The maximum absolute atomic E-state index is 11.6. The van der Waals surface area contributed by atoms with Crippen LogP contribution in [0, 0.1) is 18.8 Å². The van der Waals surface area contributed by atoms with Gasteiger partial charge in [0.1, 0.15) is 0 Å². The maximum Gasteiger partial charge on any atom is 0.296 e. The predicted octanol–water partition coefficient (Wildman–Crippen LogP) is 6.89. The molecule has 186 valence electrons. The average Bonchev–Trinajstić information content (AvgIpc) is 3.25. The van der Waals surface area contributed by atoms with Crippen LogP contribution in [0.5, 0.6) is 5.88 Å². The largest absolute Gasteiger partial charge is 0.494 e. The molecule has 1 amide bonds. The number of aromatic nitrogens is 1. The van der Waals surface area contributed by atoms with Gasteiger partial charge in [-0.1, -0.05) is 87.7 Å². The van der Waals surface area contributed by atoms with Gasteiger partial charge in [0.25, 0.3) is 5.91 Å². The van der Waals surface area contributed by atoms with Gasteiger partial charge < -0.3 is 15.4 Å². The van der Waals surface area contributed by atoms with Gasteiger partial charge in [-0.25, -0.2) is 4.99 Å². The molecular weight excluding hydrogens is 446 g/mol. The summed E-state index contributed by atoms with van der Waals surface area (Å²) in [5, 5.41) is 14.3. The Morgan fingerprint density at radius 2 is 1.64 bits per heavy atom. The minimum Gasteiger partial charge on any atom is -0.494 e. The summed E-state index contributed by atoms with van der Waals surface area (Å²) in [6.45, 7) is 12.4. The molecule has 0 aliphatic heterocycles. The van der Waals surface area contributed by atoms with E-state index in [1.807, 2.05) is 114 Å². The van der Waals surface area contributed by atoms with Crippen LogP contribution in [0.3, 0.4) is 0 Å². The zero-order chi connectivity index (χ0) is 26.5.